The van der Waals surface area contributed by atoms with E-state index in [4.69, 9.17) is 5.11 Å². The van der Waals surface area contributed by atoms with Crippen molar-refractivity contribution in [3.05, 3.63) is 23.1 Å². The summed E-state index contributed by atoms with van der Waals surface area (Å²) < 4.78 is 1.47. The number of rotatable bonds is 2. The lowest BCUT2D eigenvalue weighted by atomic mass is 10.1. The van der Waals surface area contributed by atoms with Crippen molar-refractivity contribution in [2.45, 2.75) is 26.7 Å². The van der Waals surface area contributed by atoms with Gasteiger partial charge in [0.05, 0.1) is 11.3 Å². The summed E-state index contributed by atoms with van der Waals surface area (Å²) in [4.78, 5) is 15.0. The minimum absolute atomic E-state index is 0.146. The molecule has 6 heteroatoms. The molecular weight excluding hydrogens is 208 g/mol. The number of carboxylic acids is 1. The molecule has 0 aliphatic rings. The summed E-state index contributed by atoms with van der Waals surface area (Å²) >= 11 is 0. The number of carboxylic acid groups (broad SMARTS) is 1. The highest BCUT2D eigenvalue weighted by molar-refractivity contribution is 5.88. The van der Waals surface area contributed by atoms with Gasteiger partial charge in [-0.3, -0.25) is 0 Å². The second-order valence-corrected chi connectivity index (χ2v) is 3.93. The van der Waals surface area contributed by atoms with Crippen LogP contribution in [0.25, 0.3) is 5.65 Å². The first-order chi connectivity index (χ1) is 7.52. The van der Waals surface area contributed by atoms with Crippen molar-refractivity contribution < 1.29 is 9.90 Å². The minimum Gasteiger partial charge on any atom is -0.478 e. The Morgan fingerprint density at radius 1 is 1.50 bits per heavy atom. The predicted octanol–water partition coefficient (Wildman–Crippen LogP) is 1.25. The summed E-state index contributed by atoms with van der Waals surface area (Å²) in [5.41, 5.74) is 2.09. The molecule has 0 bridgehead atoms. The number of aryl methyl sites for hydroxylation is 1. The van der Waals surface area contributed by atoms with Crippen LogP contribution in [-0.2, 0) is 0 Å². The highest BCUT2D eigenvalue weighted by Crippen LogP contribution is 2.17. The van der Waals surface area contributed by atoms with Gasteiger partial charge >= 0.3 is 5.97 Å². The molecule has 0 amide bonds. The molecule has 2 aromatic heterocycles. The zero-order valence-electron chi connectivity index (χ0n) is 9.30. The SMILES string of the molecule is Cc1c(C(=O)O)cnc2c(C(C)C)nnn12. The van der Waals surface area contributed by atoms with E-state index >= 15 is 0 Å². The number of nitrogens with zero attached hydrogens (tertiary/aromatic N) is 4. The average Bonchev–Trinajstić information content (AvgIpc) is 2.61. The van der Waals surface area contributed by atoms with E-state index in [1.165, 1.54) is 10.7 Å². The van der Waals surface area contributed by atoms with Crippen molar-refractivity contribution in [3.8, 4) is 0 Å². The van der Waals surface area contributed by atoms with E-state index in [-0.39, 0.29) is 11.5 Å². The first kappa shape index (κ1) is 10.5. The van der Waals surface area contributed by atoms with Crippen LogP contribution in [0.1, 0.15) is 41.5 Å². The Bertz CT molecular complexity index is 559. The maximum atomic E-state index is 10.9. The molecule has 0 saturated carbocycles. The van der Waals surface area contributed by atoms with Crippen molar-refractivity contribution in [1.29, 1.82) is 0 Å². The first-order valence-electron chi connectivity index (χ1n) is 4.96. The Labute approximate surface area is 91.9 Å². The standard InChI is InChI=1S/C10H12N4O2/c1-5(2)8-9-11-4-7(10(15)16)6(3)14(9)13-12-8/h4-5H,1-3H3,(H,15,16). The molecule has 0 fully saturated rings. The molecule has 0 spiro atoms. The van der Waals surface area contributed by atoms with Crippen molar-refractivity contribution in [1.82, 2.24) is 19.8 Å². The smallest absolute Gasteiger partial charge is 0.339 e. The fraction of sp³-hybridized carbons (Fsp3) is 0.400. The Kier molecular flexibility index (Phi) is 2.34. The summed E-state index contributed by atoms with van der Waals surface area (Å²) in [6.07, 6.45) is 1.35. The second-order valence-electron chi connectivity index (χ2n) is 3.93. The summed E-state index contributed by atoms with van der Waals surface area (Å²) in [6.45, 7) is 5.68. The molecule has 0 aliphatic carbocycles. The van der Waals surface area contributed by atoms with Gasteiger partial charge in [-0.05, 0) is 6.92 Å². The monoisotopic (exact) mass is 220 g/mol. The molecule has 2 aromatic rings. The van der Waals surface area contributed by atoms with E-state index in [0.717, 1.165) is 5.69 Å². The molecule has 84 valence electrons. The van der Waals surface area contributed by atoms with Crippen LogP contribution in [0.5, 0.6) is 0 Å². The Morgan fingerprint density at radius 3 is 2.75 bits per heavy atom. The fourth-order valence-corrected chi connectivity index (χ4v) is 1.55. The summed E-state index contributed by atoms with van der Waals surface area (Å²) in [7, 11) is 0. The maximum Gasteiger partial charge on any atom is 0.339 e. The van der Waals surface area contributed by atoms with Gasteiger partial charge in [-0.1, -0.05) is 19.1 Å². The molecule has 1 N–H and O–H groups in total. The van der Waals surface area contributed by atoms with Gasteiger partial charge in [0.2, 0.25) is 0 Å². The van der Waals surface area contributed by atoms with Gasteiger partial charge < -0.3 is 5.11 Å². The van der Waals surface area contributed by atoms with Crippen LogP contribution in [0.2, 0.25) is 0 Å². The lowest BCUT2D eigenvalue weighted by molar-refractivity contribution is 0.0695. The molecule has 0 saturated heterocycles. The van der Waals surface area contributed by atoms with E-state index in [1.54, 1.807) is 6.92 Å². The summed E-state index contributed by atoms with van der Waals surface area (Å²) in [5, 5.41) is 16.9. The Balaban J connectivity index is 2.73. The van der Waals surface area contributed by atoms with Crippen LogP contribution in [0.4, 0.5) is 0 Å². The van der Waals surface area contributed by atoms with Gasteiger partial charge in [0, 0.05) is 12.1 Å². The van der Waals surface area contributed by atoms with E-state index in [9.17, 15) is 4.79 Å². The molecule has 0 atom stereocenters. The van der Waals surface area contributed by atoms with Crippen LogP contribution < -0.4 is 0 Å². The van der Waals surface area contributed by atoms with Gasteiger partial charge in [-0.25, -0.2) is 9.78 Å². The van der Waals surface area contributed by atoms with Crippen molar-refractivity contribution in [2.24, 2.45) is 0 Å². The zero-order valence-corrected chi connectivity index (χ0v) is 9.30. The number of hydrogen-bond donors (Lipinski definition) is 1. The number of aromatic carboxylic acids is 1. The minimum atomic E-state index is -1.01. The lowest BCUT2D eigenvalue weighted by Gasteiger charge is -2.03. The topological polar surface area (TPSA) is 80.4 Å². The van der Waals surface area contributed by atoms with Crippen LogP contribution in [0.15, 0.2) is 6.20 Å². The van der Waals surface area contributed by atoms with Gasteiger partial charge in [-0.2, -0.15) is 4.52 Å². The third kappa shape index (κ3) is 1.42. The lowest BCUT2D eigenvalue weighted by Crippen LogP contribution is -2.07. The molecular formula is C10H12N4O2. The molecule has 0 aliphatic heterocycles. The van der Waals surface area contributed by atoms with Gasteiger partial charge in [0.1, 0.15) is 5.69 Å². The predicted molar refractivity (Wildman–Crippen MR) is 56.6 cm³/mol. The molecule has 0 radical (unpaired) electrons. The van der Waals surface area contributed by atoms with E-state index in [2.05, 4.69) is 15.3 Å². The number of carbonyl (C=O) groups is 1. The highest BCUT2D eigenvalue weighted by atomic mass is 16.4. The highest BCUT2D eigenvalue weighted by Gasteiger charge is 2.16. The zero-order chi connectivity index (χ0) is 11.9. The summed E-state index contributed by atoms with van der Waals surface area (Å²) in [6, 6.07) is 0. The van der Waals surface area contributed by atoms with Crippen molar-refractivity contribution in [3.63, 3.8) is 0 Å². The number of fused-ring (bicyclic) bond motifs is 1. The number of hydrogen-bond acceptors (Lipinski definition) is 4. The molecule has 2 rings (SSSR count). The first-order valence-corrected chi connectivity index (χ1v) is 4.96. The van der Waals surface area contributed by atoms with Crippen molar-refractivity contribution >= 4 is 11.6 Å². The molecule has 6 nitrogen and oxygen atoms in total. The van der Waals surface area contributed by atoms with Gasteiger partial charge in [0.25, 0.3) is 0 Å². The van der Waals surface area contributed by atoms with Gasteiger partial charge in [0.15, 0.2) is 5.65 Å². The normalized spacial score (nSPS) is 11.2. The molecule has 16 heavy (non-hydrogen) atoms. The largest absolute Gasteiger partial charge is 0.478 e. The number of aromatic nitrogens is 4. The van der Waals surface area contributed by atoms with E-state index in [0.29, 0.717) is 11.3 Å². The average molecular weight is 220 g/mol. The van der Waals surface area contributed by atoms with Crippen LogP contribution >= 0.6 is 0 Å². The van der Waals surface area contributed by atoms with Crippen LogP contribution in [-0.4, -0.2) is 30.9 Å². The molecule has 0 aromatic carbocycles. The quantitative estimate of drug-likeness (QED) is 0.823. The molecule has 2 heterocycles. The third-order valence-electron chi connectivity index (χ3n) is 2.47. The Morgan fingerprint density at radius 2 is 2.19 bits per heavy atom. The Hall–Kier alpha value is -1.98. The molecule has 0 unspecified atom stereocenters. The second kappa shape index (κ2) is 3.55. The van der Waals surface area contributed by atoms with E-state index in [1.807, 2.05) is 13.8 Å². The third-order valence-corrected chi connectivity index (χ3v) is 2.47. The van der Waals surface area contributed by atoms with E-state index < -0.39 is 5.97 Å². The summed E-state index contributed by atoms with van der Waals surface area (Å²) in [5.74, 6) is -0.798. The maximum absolute atomic E-state index is 10.9. The van der Waals surface area contributed by atoms with Crippen LogP contribution in [0, 0.1) is 6.92 Å². The van der Waals surface area contributed by atoms with Crippen LogP contribution in [0.3, 0.4) is 0 Å². The van der Waals surface area contributed by atoms with Gasteiger partial charge in [-0.15, -0.1) is 5.10 Å². The fourth-order valence-electron chi connectivity index (χ4n) is 1.55. The van der Waals surface area contributed by atoms with Crippen molar-refractivity contribution in [2.75, 3.05) is 0 Å².